The number of nitrogens with one attached hydrogen (secondary N) is 1. The molecule has 2 aliphatic rings. The molecule has 0 aromatic heterocycles. The van der Waals surface area contributed by atoms with Crippen LogP contribution in [0.25, 0.3) is 0 Å². The van der Waals surface area contributed by atoms with Gasteiger partial charge in [-0.3, -0.25) is 4.79 Å². The number of fused-ring (bicyclic) bond motifs is 2. The summed E-state index contributed by atoms with van der Waals surface area (Å²) in [6.45, 7) is 5.86. The molecule has 2 bridgehead atoms. The fourth-order valence-corrected chi connectivity index (χ4v) is 4.53. The Labute approximate surface area is 151 Å². The van der Waals surface area contributed by atoms with Crippen LogP contribution in [0.3, 0.4) is 0 Å². The van der Waals surface area contributed by atoms with Crippen LogP contribution in [0.2, 0.25) is 0 Å². The van der Waals surface area contributed by atoms with E-state index in [1.165, 1.54) is 25.7 Å². The van der Waals surface area contributed by atoms with E-state index in [9.17, 15) is 4.79 Å². The molecule has 2 saturated carbocycles. The van der Waals surface area contributed by atoms with Gasteiger partial charge in [0.2, 0.25) is 5.91 Å². The van der Waals surface area contributed by atoms with Gasteiger partial charge in [0, 0.05) is 13.0 Å². The van der Waals surface area contributed by atoms with Crippen LogP contribution in [0.1, 0.15) is 51.5 Å². The molecule has 1 aromatic carbocycles. The summed E-state index contributed by atoms with van der Waals surface area (Å²) in [4.78, 5) is 12.2. The Kier molecular flexibility index (Phi) is 6.22. The lowest BCUT2D eigenvalue weighted by Gasteiger charge is -2.20. The van der Waals surface area contributed by atoms with Crippen molar-refractivity contribution >= 4 is 5.91 Å². The fraction of sp³-hybridized carbons (Fsp3) is 0.667. The van der Waals surface area contributed by atoms with Crippen LogP contribution < -0.4 is 14.8 Å². The topological polar surface area (TPSA) is 47.6 Å². The second kappa shape index (κ2) is 8.59. The summed E-state index contributed by atoms with van der Waals surface area (Å²) in [5.74, 6) is 4.14. The van der Waals surface area contributed by atoms with Gasteiger partial charge in [-0.15, -0.1) is 0 Å². The molecule has 1 aromatic rings. The minimum atomic E-state index is 0.216. The number of benzene rings is 1. The molecular formula is C21H31NO3. The van der Waals surface area contributed by atoms with Crippen molar-refractivity contribution in [1.82, 2.24) is 5.32 Å². The molecule has 0 radical (unpaired) electrons. The van der Waals surface area contributed by atoms with Gasteiger partial charge >= 0.3 is 0 Å². The molecule has 0 saturated heterocycles. The van der Waals surface area contributed by atoms with Crippen molar-refractivity contribution < 1.29 is 14.3 Å². The summed E-state index contributed by atoms with van der Waals surface area (Å²) in [5, 5.41) is 3.10. The molecule has 2 aliphatic carbocycles. The van der Waals surface area contributed by atoms with Crippen molar-refractivity contribution in [2.75, 3.05) is 19.8 Å². The Hall–Kier alpha value is -1.71. The highest BCUT2D eigenvalue weighted by atomic mass is 16.5. The molecular weight excluding hydrogens is 314 g/mol. The van der Waals surface area contributed by atoms with Gasteiger partial charge in [0.1, 0.15) is 0 Å². The molecule has 0 aliphatic heterocycles. The lowest BCUT2D eigenvalue weighted by molar-refractivity contribution is -0.122. The van der Waals surface area contributed by atoms with Crippen molar-refractivity contribution in [2.45, 2.75) is 52.4 Å². The Bertz CT molecular complexity index is 587. The average Bonchev–Trinajstić information content (AvgIpc) is 3.20. The highest BCUT2D eigenvalue weighted by molar-refractivity contribution is 5.76. The van der Waals surface area contributed by atoms with E-state index >= 15 is 0 Å². The van der Waals surface area contributed by atoms with Crippen LogP contribution in [0, 0.1) is 17.8 Å². The fourth-order valence-electron chi connectivity index (χ4n) is 4.53. The van der Waals surface area contributed by atoms with E-state index < -0.39 is 0 Å². The zero-order chi connectivity index (χ0) is 17.6. The number of hydrogen-bond acceptors (Lipinski definition) is 3. The average molecular weight is 345 g/mol. The van der Waals surface area contributed by atoms with Gasteiger partial charge in [0.25, 0.3) is 0 Å². The molecule has 1 N–H and O–H groups in total. The predicted octanol–water partition coefficient (Wildman–Crippen LogP) is 3.97. The number of amides is 1. The molecule has 4 heteroatoms. The molecule has 0 unspecified atom stereocenters. The summed E-state index contributed by atoms with van der Waals surface area (Å²) < 4.78 is 11.3. The summed E-state index contributed by atoms with van der Waals surface area (Å²) >= 11 is 0. The summed E-state index contributed by atoms with van der Waals surface area (Å²) in [6, 6.07) is 6.03. The number of carbonyl (C=O) groups excluding carboxylic acids is 1. The molecule has 3 rings (SSSR count). The van der Waals surface area contributed by atoms with Gasteiger partial charge in [-0.1, -0.05) is 12.5 Å². The maximum absolute atomic E-state index is 12.2. The minimum absolute atomic E-state index is 0.216. The van der Waals surface area contributed by atoms with Crippen LogP contribution in [0.15, 0.2) is 18.2 Å². The number of carbonyl (C=O) groups is 1. The Balaban J connectivity index is 1.44. The van der Waals surface area contributed by atoms with E-state index in [0.29, 0.717) is 32.1 Å². The number of rotatable bonds is 9. The van der Waals surface area contributed by atoms with E-state index in [1.54, 1.807) is 0 Å². The molecule has 25 heavy (non-hydrogen) atoms. The van der Waals surface area contributed by atoms with E-state index in [2.05, 4.69) is 11.4 Å². The van der Waals surface area contributed by atoms with Crippen molar-refractivity contribution in [3.05, 3.63) is 23.8 Å². The highest BCUT2D eigenvalue weighted by Crippen LogP contribution is 2.49. The number of ether oxygens (including phenoxy) is 2. The van der Waals surface area contributed by atoms with Crippen molar-refractivity contribution in [3.63, 3.8) is 0 Å². The Morgan fingerprint density at radius 2 is 1.92 bits per heavy atom. The van der Waals surface area contributed by atoms with Crippen molar-refractivity contribution in [1.29, 1.82) is 0 Å². The van der Waals surface area contributed by atoms with Crippen LogP contribution in [0.4, 0.5) is 0 Å². The standard InChI is InChI=1S/C21H31NO3/c1-3-24-19-8-6-15(13-20(19)25-4-2)9-10-22-21(23)14-18-12-16-5-7-17(18)11-16/h6,8,13,16-18H,3-5,7,9-12,14H2,1-2H3,(H,22,23)/t16-,17+,18+/m0/s1. The van der Waals surface area contributed by atoms with E-state index in [4.69, 9.17) is 9.47 Å². The Morgan fingerprint density at radius 1 is 1.12 bits per heavy atom. The monoisotopic (exact) mass is 345 g/mol. The molecule has 3 atom stereocenters. The van der Waals surface area contributed by atoms with E-state index in [1.807, 2.05) is 26.0 Å². The second-order valence-corrected chi connectivity index (χ2v) is 7.39. The maximum atomic E-state index is 12.2. The first-order valence-corrected chi connectivity index (χ1v) is 9.84. The summed E-state index contributed by atoms with van der Waals surface area (Å²) in [7, 11) is 0. The van der Waals surface area contributed by atoms with Crippen LogP contribution in [0.5, 0.6) is 11.5 Å². The molecule has 1 amide bonds. The lowest BCUT2D eigenvalue weighted by Crippen LogP contribution is -2.29. The molecule has 2 fully saturated rings. The van der Waals surface area contributed by atoms with E-state index in [-0.39, 0.29) is 5.91 Å². The maximum Gasteiger partial charge on any atom is 0.220 e. The predicted molar refractivity (Wildman–Crippen MR) is 99.0 cm³/mol. The summed E-state index contributed by atoms with van der Waals surface area (Å²) in [6.07, 6.45) is 6.90. The first kappa shape index (κ1) is 18.1. The highest BCUT2D eigenvalue weighted by Gasteiger charge is 2.39. The largest absolute Gasteiger partial charge is 0.490 e. The quantitative estimate of drug-likeness (QED) is 0.737. The van der Waals surface area contributed by atoms with Gasteiger partial charge in [0.05, 0.1) is 13.2 Å². The van der Waals surface area contributed by atoms with Gasteiger partial charge in [-0.05, 0) is 75.0 Å². The molecule has 0 spiro atoms. The molecule has 138 valence electrons. The molecule has 0 heterocycles. The SMILES string of the molecule is CCOc1ccc(CCNC(=O)C[C@H]2C[C@H]3CC[C@@H]2C3)cc1OCC. The normalized spacial score (nSPS) is 24.3. The second-order valence-electron chi connectivity index (χ2n) is 7.39. The zero-order valence-corrected chi connectivity index (χ0v) is 15.6. The van der Waals surface area contributed by atoms with Crippen LogP contribution in [-0.2, 0) is 11.2 Å². The Morgan fingerprint density at radius 3 is 2.60 bits per heavy atom. The zero-order valence-electron chi connectivity index (χ0n) is 15.6. The van der Waals surface area contributed by atoms with E-state index in [0.717, 1.165) is 35.3 Å². The van der Waals surface area contributed by atoms with Crippen molar-refractivity contribution in [3.8, 4) is 11.5 Å². The smallest absolute Gasteiger partial charge is 0.220 e. The third kappa shape index (κ3) is 4.68. The third-order valence-electron chi connectivity index (χ3n) is 5.68. The molecule has 4 nitrogen and oxygen atoms in total. The first-order valence-electron chi connectivity index (χ1n) is 9.84. The van der Waals surface area contributed by atoms with Crippen LogP contribution in [-0.4, -0.2) is 25.7 Å². The van der Waals surface area contributed by atoms with Gasteiger partial charge < -0.3 is 14.8 Å². The van der Waals surface area contributed by atoms with Gasteiger partial charge in [-0.2, -0.15) is 0 Å². The first-order chi connectivity index (χ1) is 12.2. The van der Waals surface area contributed by atoms with Gasteiger partial charge in [0.15, 0.2) is 11.5 Å². The third-order valence-corrected chi connectivity index (χ3v) is 5.68. The van der Waals surface area contributed by atoms with Gasteiger partial charge in [-0.25, -0.2) is 0 Å². The van der Waals surface area contributed by atoms with Crippen LogP contribution >= 0.6 is 0 Å². The minimum Gasteiger partial charge on any atom is -0.490 e. The number of hydrogen-bond donors (Lipinski definition) is 1. The van der Waals surface area contributed by atoms with Crippen molar-refractivity contribution in [2.24, 2.45) is 17.8 Å². The lowest BCUT2D eigenvalue weighted by atomic mass is 9.86. The summed E-state index contributed by atoms with van der Waals surface area (Å²) in [5.41, 5.74) is 1.16.